The van der Waals surface area contributed by atoms with E-state index in [1.807, 2.05) is 18.3 Å². The highest BCUT2D eigenvalue weighted by molar-refractivity contribution is 7.19. The van der Waals surface area contributed by atoms with Crippen molar-refractivity contribution in [3.05, 3.63) is 41.3 Å². The molecule has 2 bridgehead atoms. The van der Waals surface area contributed by atoms with Crippen LogP contribution in [0.3, 0.4) is 0 Å². The van der Waals surface area contributed by atoms with Crippen LogP contribution >= 0.6 is 11.3 Å². The molecule has 0 aromatic carbocycles. The van der Waals surface area contributed by atoms with Crippen molar-refractivity contribution >= 4 is 44.5 Å². The number of thiophene rings is 1. The summed E-state index contributed by atoms with van der Waals surface area (Å²) in [5.74, 6) is 1.81. The van der Waals surface area contributed by atoms with Gasteiger partial charge >= 0.3 is 0 Å². The summed E-state index contributed by atoms with van der Waals surface area (Å²) in [7, 11) is 1.66. The molecule has 7 rings (SSSR count). The molecule has 34 heavy (non-hydrogen) atoms. The third-order valence-electron chi connectivity index (χ3n) is 7.37. The number of aryl methyl sites for hydroxylation is 1. The molecule has 4 aromatic rings. The lowest BCUT2D eigenvalue weighted by Gasteiger charge is -2.32. The van der Waals surface area contributed by atoms with E-state index in [4.69, 9.17) is 9.47 Å². The second-order valence-corrected chi connectivity index (χ2v) is 10.3. The number of likely N-dealkylation sites (tertiary alicyclic amines) is 1. The topological polar surface area (TPSA) is 93.9 Å². The predicted octanol–water partition coefficient (Wildman–Crippen LogP) is 3.20. The van der Waals surface area contributed by atoms with Crippen LogP contribution < -0.4 is 10.1 Å². The van der Waals surface area contributed by atoms with Gasteiger partial charge in [-0.2, -0.15) is 5.10 Å². The number of rotatable bonds is 4. The number of anilines is 2. The molecule has 0 spiro atoms. The Bertz CT molecular complexity index is 1430. The second kappa shape index (κ2) is 7.64. The summed E-state index contributed by atoms with van der Waals surface area (Å²) in [5, 5.41) is 8.82. The summed E-state index contributed by atoms with van der Waals surface area (Å²) < 4.78 is 13.2. The highest BCUT2D eigenvalue weighted by Gasteiger charge is 2.43. The van der Waals surface area contributed by atoms with Gasteiger partial charge in [-0.3, -0.25) is 4.79 Å². The van der Waals surface area contributed by atoms with Gasteiger partial charge in [0.15, 0.2) is 5.75 Å². The lowest BCUT2D eigenvalue weighted by molar-refractivity contribution is -0.140. The Morgan fingerprint density at radius 3 is 3.09 bits per heavy atom. The van der Waals surface area contributed by atoms with Crippen molar-refractivity contribution in [1.29, 1.82) is 0 Å². The third-order valence-corrected chi connectivity index (χ3v) is 8.53. The molecule has 2 aliphatic heterocycles. The molecule has 2 fully saturated rings. The van der Waals surface area contributed by atoms with Crippen LogP contribution in [0.4, 0.5) is 11.5 Å². The van der Waals surface area contributed by atoms with Gasteiger partial charge in [0, 0.05) is 23.5 Å². The smallest absolute Gasteiger partial charge is 0.226 e. The van der Waals surface area contributed by atoms with Crippen LogP contribution in [0.15, 0.2) is 30.9 Å². The standard InChI is InChI=1S/C24H24N6O3S/c1-32-21-17(5-7-30-18(21)4-6-27-30)28-22-20-16-3-2-13(8-19(16)34-23(20)26-12-25-22)24(31)29-10-15-9-14(29)11-33-15/h4-7,12-15H,2-3,8-11H2,1H3,(H,25,26,28)/t13-,14-,15-/m0/s1. The fraction of sp³-hybridized carbons (Fsp3) is 0.417. The molecule has 3 aliphatic rings. The third kappa shape index (κ3) is 3.01. The quantitative estimate of drug-likeness (QED) is 0.483. The van der Waals surface area contributed by atoms with Crippen LogP contribution in [0.5, 0.6) is 5.75 Å². The van der Waals surface area contributed by atoms with E-state index in [-0.39, 0.29) is 18.1 Å². The van der Waals surface area contributed by atoms with Gasteiger partial charge in [-0.1, -0.05) is 0 Å². The van der Waals surface area contributed by atoms with Gasteiger partial charge in [-0.15, -0.1) is 11.3 Å². The first kappa shape index (κ1) is 20.2. The summed E-state index contributed by atoms with van der Waals surface area (Å²) in [5.41, 5.74) is 2.97. The number of nitrogens with one attached hydrogen (secondary N) is 1. The molecule has 0 radical (unpaired) electrons. The number of carbonyl (C=O) groups is 1. The molecule has 1 amide bonds. The zero-order chi connectivity index (χ0) is 22.8. The molecule has 0 unspecified atom stereocenters. The molecule has 174 valence electrons. The molecule has 3 atom stereocenters. The molecule has 1 N–H and O–H groups in total. The molecule has 2 saturated heterocycles. The van der Waals surface area contributed by atoms with Crippen molar-refractivity contribution in [3.63, 3.8) is 0 Å². The van der Waals surface area contributed by atoms with Crippen molar-refractivity contribution in [2.75, 3.05) is 25.6 Å². The Kier molecular flexibility index (Phi) is 4.53. The van der Waals surface area contributed by atoms with E-state index >= 15 is 0 Å². The zero-order valence-corrected chi connectivity index (χ0v) is 19.5. The Morgan fingerprint density at radius 2 is 2.26 bits per heavy atom. The first-order valence-electron chi connectivity index (χ1n) is 11.6. The number of carbonyl (C=O) groups excluding carboxylic acids is 1. The first-order valence-corrected chi connectivity index (χ1v) is 12.5. The van der Waals surface area contributed by atoms with E-state index < -0.39 is 0 Å². The van der Waals surface area contributed by atoms with Gasteiger partial charge in [-0.25, -0.2) is 14.5 Å². The molecular formula is C24H24N6O3S. The lowest BCUT2D eigenvalue weighted by atomic mass is 9.86. The number of amides is 1. The van der Waals surface area contributed by atoms with Crippen LogP contribution in [0, 0.1) is 5.92 Å². The Labute approximate surface area is 199 Å². The Morgan fingerprint density at radius 1 is 1.32 bits per heavy atom. The number of pyridine rings is 1. The number of aromatic nitrogens is 4. The number of morpholine rings is 1. The summed E-state index contributed by atoms with van der Waals surface area (Å²) in [6, 6.07) is 4.13. The van der Waals surface area contributed by atoms with Gasteiger partial charge in [0.25, 0.3) is 0 Å². The van der Waals surface area contributed by atoms with E-state index in [2.05, 4.69) is 25.3 Å². The van der Waals surface area contributed by atoms with Crippen LogP contribution in [0.2, 0.25) is 0 Å². The van der Waals surface area contributed by atoms with E-state index in [0.717, 1.165) is 59.5 Å². The summed E-state index contributed by atoms with van der Waals surface area (Å²) >= 11 is 1.69. The SMILES string of the molecule is COc1c(Nc2ncnc3sc4c(c23)CC[C@H](C(=O)N2C[C@@H]3C[C@H]2CO3)C4)ccn2nccc12. The molecule has 4 aromatic heterocycles. The normalized spacial score (nSPS) is 23.6. The minimum absolute atomic E-state index is 0.0358. The van der Waals surface area contributed by atoms with Crippen molar-refractivity contribution in [3.8, 4) is 5.75 Å². The van der Waals surface area contributed by atoms with E-state index in [9.17, 15) is 4.79 Å². The van der Waals surface area contributed by atoms with Crippen molar-refractivity contribution in [2.24, 2.45) is 5.92 Å². The molecule has 10 heteroatoms. The Hall–Kier alpha value is -3.24. The largest absolute Gasteiger partial charge is 0.492 e. The van der Waals surface area contributed by atoms with Crippen molar-refractivity contribution in [1.82, 2.24) is 24.5 Å². The first-order chi connectivity index (χ1) is 16.7. The van der Waals surface area contributed by atoms with Crippen molar-refractivity contribution in [2.45, 2.75) is 37.8 Å². The maximum absolute atomic E-state index is 13.3. The Balaban J connectivity index is 1.21. The number of hydrogen-bond acceptors (Lipinski definition) is 8. The van der Waals surface area contributed by atoms with Crippen molar-refractivity contribution < 1.29 is 14.3 Å². The summed E-state index contributed by atoms with van der Waals surface area (Å²) in [6.45, 7) is 1.44. The number of methoxy groups -OCH3 is 1. The average molecular weight is 477 g/mol. The zero-order valence-electron chi connectivity index (χ0n) is 18.7. The van der Waals surface area contributed by atoms with E-state index in [1.165, 1.54) is 10.4 Å². The molecule has 9 nitrogen and oxygen atoms in total. The van der Waals surface area contributed by atoms with Gasteiger partial charge in [0.1, 0.15) is 22.5 Å². The van der Waals surface area contributed by atoms with Gasteiger partial charge in [-0.05, 0) is 43.4 Å². The maximum atomic E-state index is 13.3. The number of fused-ring (bicyclic) bond motifs is 6. The summed E-state index contributed by atoms with van der Waals surface area (Å²) in [4.78, 5) is 26.7. The maximum Gasteiger partial charge on any atom is 0.226 e. The van der Waals surface area contributed by atoms with Gasteiger partial charge in [0.2, 0.25) is 5.91 Å². The lowest BCUT2D eigenvalue weighted by Crippen LogP contribution is -2.45. The molecule has 1 aliphatic carbocycles. The minimum atomic E-state index is 0.0358. The van der Waals surface area contributed by atoms with E-state index in [1.54, 1.807) is 35.5 Å². The second-order valence-electron chi connectivity index (χ2n) is 9.23. The molecule has 6 heterocycles. The molecular weight excluding hydrogens is 452 g/mol. The fourth-order valence-corrected chi connectivity index (χ4v) is 7.00. The fourth-order valence-electron chi connectivity index (χ4n) is 5.73. The summed E-state index contributed by atoms with van der Waals surface area (Å²) in [6.07, 6.45) is 8.95. The average Bonchev–Trinajstić information content (AvgIpc) is 3.66. The number of nitrogens with zero attached hydrogens (tertiary/aromatic N) is 5. The van der Waals surface area contributed by atoms with E-state index in [0.29, 0.717) is 18.3 Å². The number of hydrogen-bond donors (Lipinski definition) is 1. The van der Waals surface area contributed by atoms with Crippen LogP contribution in [-0.4, -0.2) is 62.8 Å². The highest BCUT2D eigenvalue weighted by Crippen LogP contribution is 2.42. The number of ether oxygens (including phenoxy) is 2. The van der Waals surface area contributed by atoms with Crippen LogP contribution in [-0.2, 0) is 22.4 Å². The van der Waals surface area contributed by atoms with Gasteiger partial charge in [0.05, 0.1) is 43.1 Å². The van der Waals surface area contributed by atoms with Crippen LogP contribution in [0.25, 0.3) is 15.7 Å². The monoisotopic (exact) mass is 476 g/mol. The highest BCUT2D eigenvalue weighted by atomic mass is 32.1. The minimum Gasteiger partial charge on any atom is -0.492 e. The predicted molar refractivity (Wildman–Crippen MR) is 128 cm³/mol. The van der Waals surface area contributed by atoms with Crippen LogP contribution in [0.1, 0.15) is 23.3 Å². The van der Waals surface area contributed by atoms with Gasteiger partial charge < -0.3 is 19.7 Å². The molecule has 0 saturated carbocycles.